The first-order valence-corrected chi connectivity index (χ1v) is 8.90. The van der Waals surface area contributed by atoms with Crippen LogP contribution in [0.1, 0.15) is 9.75 Å². The highest BCUT2D eigenvalue weighted by Crippen LogP contribution is 2.23. The summed E-state index contributed by atoms with van der Waals surface area (Å²) < 4.78 is 27.6. The highest BCUT2D eigenvalue weighted by atomic mass is 79.9. The van der Waals surface area contributed by atoms with Crippen LogP contribution < -0.4 is 4.72 Å². The summed E-state index contributed by atoms with van der Waals surface area (Å²) in [5.41, 5.74) is 0. The third-order valence-electron chi connectivity index (χ3n) is 2.12. The second kappa shape index (κ2) is 5.81. The van der Waals surface area contributed by atoms with Gasteiger partial charge in [-0.2, -0.15) is 0 Å². The van der Waals surface area contributed by atoms with Gasteiger partial charge in [-0.05, 0) is 34.1 Å². The molecule has 0 aromatic carbocycles. The SMILES string of the molecule is O=S(=O)(NCc1cc(Br)cs1)c1ccc(CO)s1. The minimum atomic E-state index is -3.49. The molecule has 98 valence electrons. The van der Waals surface area contributed by atoms with Gasteiger partial charge in [0.1, 0.15) is 4.21 Å². The van der Waals surface area contributed by atoms with Gasteiger partial charge in [-0.25, -0.2) is 13.1 Å². The first-order valence-electron chi connectivity index (χ1n) is 4.93. The molecule has 0 aliphatic heterocycles. The van der Waals surface area contributed by atoms with E-state index in [0.29, 0.717) is 4.88 Å². The summed E-state index contributed by atoms with van der Waals surface area (Å²) in [5, 5.41) is 10.8. The van der Waals surface area contributed by atoms with Gasteiger partial charge in [-0.3, -0.25) is 0 Å². The Balaban J connectivity index is 2.07. The molecule has 0 aliphatic carbocycles. The van der Waals surface area contributed by atoms with Gasteiger partial charge in [0.25, 0.3) is 0 Å². The molecule has 0 bridgehead atoms. The molecule has 2 rings (SSSR count). The number of nitrogens with one attached hydrogen (secondary N) is 1. The number of sulfonamides is 1. The summed E-state index contributed by atoms with van der Waals surface area (Å²) in [5.74, 6) is 0. The highest BCUT2D eigenvalue weighted by molar-refractivity contribution is 9.10. The van der Waals surface area contributed by atoms with Crippen LogP contribution in [-0.2, 0) is 23.2 Å². The molecule has 2 aromatic heterocycles. The van der Waals surface area contributed by atoms with Crippen molar-refractivity contribution in [2.45, 2.75) is 17.4 Å². The van der Waals surface area contributed by atoms with Crippen LogP contribution in [0, 0.1) is 0 Å². The van der Waals surface area contributed by atoms with Crippen LogP contribution in [0.4, 0.5) is 0 Å². The van der Waals surface area contributed by atoms with Gasteiger partial charge in [0.05, 0.1) is 6.61 Å². The van der Waals surface area contributed by atoms with Crippen molar-refractivity contribution in [1.82, 2.24) is 4.72 Å². The Morgan fingerprint density at radius 2 is 2.11 bits per heavy atom. The van der Waals surface area contributed by atoms with Gasteiger partial charge in [0.15, 0.2) is 0 Å². The summed E-state index contributed by atoms with van der Waals surface area (Å²) in [6.45, 7) is 0.128. The number of hydrogen-bond acceptors (Lipinski definition) is 5. The van der Waals surface area contributed by atoms with Gasteiger partial charge in [0.2, 0.25) is 10.0 Å². The fourth-order valence-corrected chi connectivity index (χ4v) is 5.02. The van der Waals surface area contributed by atoms with E-state index in [-0.39, 0.29) is 17.4 Å². The minimum Gasteiger partial charge on any atom is -0.391 e. The fraction of sp³-hybridized carbons (Fsp3) is 0.200. The van der Waals surface area contributed by atoms with Crippen LogP contribution in [0.15, 0.2) is 32.3 Å². The third-order valence-corrected chi connectivity index (χ3v) is 6.78. The van der Waals surface area contributed by atoms with Crippen LogP contribution >= 0.6 is 38.6 Å². The molecule has 0 aliphatic rings. The fourth-order valence-electron chi connectivity index (χ4n) is 1.27. The Morgan fingerprint density at radius 3 is 2.67 bits per heavy atom. The van der Waals surface area contributed by atoms with E-state index in [2.05, 4.69) is 20.7 Å². The van der Waals surface area contributed by atoms with Crippen molar-refractivity contribution in [1.29, 1.82) is 0 Å². The predicted octanol–water partition coefficient (Wildman–Crippen LogP) is 2.54. The Bertz CT molecular complexity index is 632. The molecule has 4 nitrogen and oxygen atoms in total. The van der Waals surface area contributed by atoms with Crippen molar-refractivity contribution in [2.75, 3.05) is 0 Å². The molecule has 8 heteroatoms. The standard InChI is InChI=1S/C10H10BrNO3S3/c11-7-3-9(16-6-7)4-12-18(14,15)10-2-1-8(5-13)17-10/h1-3,6,12-13H,4-5H2. The summed E-state index contributed by atoms with van der Waals surface area (Å²) in [4.78, 5) is 1.57. The molecule has 0 atom stereocenters. The molecule has 2 N–H and O–H groups in total. The summed E-state index contributed by atoms with van der Waals surface area (Å²) in [6, 6.07) is 4.99. The molecule has 2 aromatic rings. The van der Waals surface area contributed by atoms with E-state index in [1.54, 1.807) is 6.07 Å². The maximum atomic E-state index is 12.0. The van der Waals surface area contributed by atoms with Crippen LogP contribution in [0.25, 0.3) is 0 Å². The molecule has 0 spiro atoms. The second-order valence-electron chi connectivity index (χ2n) is 3.43. The number of aliphatic hydroxyl groups excluding tert-OH is 1. The van der Waals surface area contributed by atoms with Crippen molar-refractivity contribution in [2.24, 2.45) is 0 Å². The number of rotatable bonds is 5. The Labute approximate surface area is 121 Å². The van der Waals surface area contributed by atoms with Crippen LogP contribution in [0.5, 0.6) is 0 Å². The largest absolute Gasteiger partial charge is 0.391 e. The Morgan fingerprint density at radius 1 is 1.33 bits per heavy atom. The average Bonchev–Trinajstić information content (AvgIpc) is 2.95. The quantitative estimate of drug-likeness (QED) is 0.853. The van der Waals surface area contributed by atoms with E-state index in [4.69, 9.17) is 5.11 Å². The number of halogens is 1. The van der Waals surface area contributed by atoms with Crippen LogP contribution in [-0.4, -0.2) is 13.5 Å². The molecular weight excluding hydrogens is 358 g/mol. The van der Waals surface area contributed by atoms with Gasteiger partial charge < -0.3 is 5.11 Å². The van der Waals surface area contributed by atoms with Crippen LogP contribution in [0.3, 0.4) is 0 Å². The number of aliphatic hydroxyl groups is 1. The first kappa shape index (κ1) is 14.2. The summed E-state index contributed by atoms with van der Waals surface area (Å²) >= 11 is 5.88. The van der Waals surface area contributed by atoms with Crippen molar-refractivity contribution in [3.63, 3.8) is 0 Å². The maximum absolute atomic E-state index is 12.0. The molecule has 0 saturated carbocycles. The topological polar surface area (TPSA) is 66.4 Å². The van der Waals surface area contributed by atoms with E-state index in [1.807, 2.05) is 11.4 Å². The molecule has 0 fully saturated rings. The lowest BCUT2D eigenvalue weighted by atomic mass is 10.5. The van der Waals surface area contributed by atoms with E-state index in [0.717, 1.165) is 20.7 Å². The second-order valence-corrected chi connectivity index (χ2v) is 8.51. The normalized spacial score (nSPS) is 11.9. The first-order chi connectivity index (χ1) is 8.51. The van der Waals surface area contributed by atoms with Gasteiger partial charge in [0, 0.05) is 26.2 Å². The lowest BCUT2D eigenvalue weighted by Crippen LogP contribution is -2.21. The lowest BCUT2D eigenvalue weighted by molar-refractivity contribution is 0.285. The maximum Gasteiger partial charge on any atom is 0.250 e. The molecule has 0 unspecified atom stereocenters. The minimum absolute atomic E-state index is 0.141. The zero-order valence-electron chi connectivity index (χ0n) is 9.09. The summed E-state index contributed by atoms with van der Waals surface area (Å²) in [7, 11) is -3.49. The number of hydrogen-bond donors (Lipinski definition) is 2. The van der Waals surface area contributed by atoms with Crippen molar-refractivity contribution < 1.29 is 13.5 Å². The number of thiophene rings is 2. The van der Waals surface area contributed by atoms with E-state index < -0.39 is 10.0 Å². The van der Waals surface area contributed by atoms with Gasteiger partial charge in [-0.15, -0.1) is 22.7 Å². The molecular formula is C10H10BrNO3S3. The van der Waals surface area contributed by atoms with Gasteiger partial charge in [-0.1, -0.05) is 0 Å². The molecule has 0 radical (unpaired) electrons. The Kier molecular flexibility index (Phi) is 4.57. The highest BCUT2D eigenvalue weighted by Gasteiger charge is 2.16. The lowest BCUT2D eigenvalue weighted by Gasteiger charge is -2.02. The van der Waals surface area contributed by atoms with E-state index >= 15 is 0 Å². The molecule has 18 heavy (non-hydrogen) atoms. The zero-order valence-corrected chi connectivity index (χ0v) is 13.1. The summed E-state index contributed by atoms with van der Waals surface area (Å²) in [6.07, 6.45) is 0. The van der Waals surface area contributed by atoms with Crippen molar-refractivity contribution in [3.05, 3.63) is 37.8 Å². The third kappa shape index (κ3) is 3.40. The van der Waals surface area contributed by atoms with E-state index in [9.17, 15) is 8.42 Å². The zero-order chi connectivity index (χ0) is 13.2. The molecule has 0 amide bonds. The van der Waals surface area contributed by atoms with Gasteiger partial charge >= 0.3 is 0 Å². The Hall–Kier alpha value is -0.250. The predicted molar refractivity (Wildman–Crippen MR) is 76.3 cm³/mol. The monoisotopic (exact) mass is 367 g/mol. The van der Waals surface area contributed by atoms with Crippen molar-refractivity contribution in [3.8, 4) is 0 Å². The average molecular weight is 368 g/mol. The van der Waals surface area contributed by atoms with E-state index in [1.165, 1.54) is 17.4 Å². The smallest absolute Gasteiger partial charge is 0.250 e. The molecule has 2 heterocycles. The molecule has 0 saturated heterocycles. The van der Waals surface area contributed by atoms with Crippen molar-refractivity contribution >= 4 is 48.6 Å². The van der Waals surface area contributed by atoms with Crippen LogP contribution in [0.2, 0.25) is 0 Å².